The number of hydrogen-bond acceptors (Lipinski definition) is 6. The Hall–Kier alpha value is -2.92. The van der Waals surface area contributed by atoms with Crippen LogP contribution in [0, 0.1) is 0 Å². The van der Waals surface area contributed by atoms with Gasteiger partial charge < -0.3 is 19.7 Å². The molecule has 2 aliphatic heterocycles. The number of ether oxygens (including phenoxy) is 2. The summed E-state index contributed by atoms with van der Waals surface area (Å²) in [5, 5.41) is 10.2. The van der Waals surface area contributed by atoms with E-state index in [1.807, 2.05) is 67.6 Å². The monoisotopic (exact) mass is 656 g/mol. The fourth-order valence-electron chi connectivity index (χ4n) is 5.22. The van der Waals surface area contributed by atoms with E-state index in [9.17, 15) is 9.59 Å². The molecule has 2 saturated heterocycles. The van der Waals surface area contributed by atoms with Crippen LogP contribution in [0.1, 0.15) is 35.7 Å². The van der Waals surface area contributed by atoms with E-state index in [-0.39, 0.29) is 30.4 Å². The Morgan fingerprint density at radius 3 is 2.08 bits per heavy atom. The van der Waals surface area contributed by atoms with E-state index in [4.69, 9.17) is 9.47 Å². The van der Waals surface area contributed by atoms with Crippen LogP contribution < -0.4 is 25.4 Å². The molecule has 204 valence electrons. The maximum absolute atomic E-state index is 14.6. The van der Waals surface area contributed by atoms with E-state index in [1.165, 1.54) is 0 Å². The average molecular weight is 658 g/mol. The summed E-state index contributed by atoms with van der Waals surface area (Å²) in [5.41, 5.74) is 1.26. The molecule has 0 aliphatic carbocycles. The molecule has 5 rings (SSSR count). The van der Waals surface area contributed by atoms with Gasteiger partial charge in [-0.3, -0.25) is 20.2 Å². The van der Waals surface area contributed by atoms with E-state index in [0.717, 1.165) is 20.1 Å². The van der Waals surface area contributed by atoms with Gasteiger partial charge in [-0.2, -0.15) is 0 Å². The molecule has 2 unspecified atom stereocenters. The molecule has 0 saturated carbocycles. The minimum atomic E-state index is -1.39. The molecule has 3 aromatic carbocycles. The molecule has 0 aromatic heterocycles. The number of rotatable bonds is 7. The number of piperazine rings is 1. The van der Waals surface area contributed by atoms with Crippen LogP contribution in [0.25, 0.3) is 0 Å². The van der Waals surface area contributed by atoms with Crippen molar-refractivity contribution in [3.8, 4) is 11.5 Å². The number of amides is 2. The SMILES string of the molecule is CCOc1cc(OC)ccc1C1(C(=O)N2CCNC(=O)C2)NC(c2ccc(Br)cc2)C(c2ccc(Br)cc2)N1. The maximum atomic E-state index is 14.6. The number of nitrogens with zero attached hydrogens (tertiary/aromatic N) is 1. The predicted molar refractivity (Wildman–Crippen MR) is 155 cm³/mol. The lowest BCUT2D eigenvalue weighted by Crippen LogP contribution is -2.62. The largest absolute Gasteiger partial charge is 0.497 e. The van der Waals surface area contributed by atoms with Gasteiger partial charge in [0.15, 0.2) is 5.66 Å². The molecule has 3 aromatic rings. The molecular weight excluding hydrogens is 628 g/mol. The van der Waals surface area contributed by atoms with Crippen molar-refractivity contribution in [2.75, 3.05) is 33.4 Å². The van der Waals surface area contributed by atoms with E-state index in [2.05, 4.69) is 47.8 Å². The standard InChI is InChI=1S/C29H30Br2N4O4/c1-3-39-24-16-22(38-2)12-13-23(24)29(28(37)35-15-14-32-25(36)17-35)33-26(18-4-8-20(30)9-5-18)27(34-29)19-6-10-21(31)11-7-19/h4-13,16,26-27,33-34H,3,14-15,17H2,1-2H3,(H,32,36). The minimum absolute atomic E-state index is 0.0179. The minimum Gasteiger partial charge on any atom is -0.497 e. The lowest BCUT2D eigenvalue weighted by molar-refractivity contribution is -0.144. The Balaban J connectivity index is 1.69. The summed E-state index contributed by atoms with van der Waals surface area (Å²) < 4.78 is 13.5. The Morgan fingerprint density at radius 2 is 1.56 bits per heavy atom. The number of hydrogen-bond donors (Lipinski definition) is 3. The molecule has 0 radical (unpaired) electrons. The first-order valence-electron chi connectivity index (χ1n) is 12.8. The van der Waals surface area contributed by atoms with Crippen molar-refractivity contribution in [2.24, 2.45) is 0 Å². The Morgan fingerprint density at radius 1 is 0.974 bits per heavy atom. The number of carbonyl (C=O) groups is 2. The predicted octanol–water partition coefficient (Wildman–Crippen LogP) is 4.41. The maximum Gasteiger partial charge on any atom is 0.263 e. The normalized spacial score (nSPS) is 22.9. The van der Waals surface area contributed by atoms with Crippen molar-refractivity contribution in [3.05, 3.63) is 92.4 Å². The molecule has 8 nitrogen and oxygen atoms in total. The first-order valence-corrected chi connectivity index (χ1v) is 14.4. The summed E-state index contributed by atoms with van der Waals surface area (Å²) in [4.78, 5) is 28.5. The second kappa shape index (κ2) is 11.7. The molecule has 3 N–H and O–H groups in total. The summed E-state index contributed by atoms with van der Waals surface area (Å²) in [6.45, 7) is 3.09. The van der Waals surface area contributed by atoms with Crippen LogP contribution in [-0.4, -0.2) is 50.1 Å². The first kappa shape index (κ1) is 27.6. The van der Waals surface area contributed by atoms with Gasteiger partial charge in [0.2, 0.25) is 5.91 Å². The summed E-state index contributed by atoms with van der Waals surface area (Å²) in [5.74, 6) is 0.716. The molecule has 0 spiro atoms. The summed E-state index contributed by atoms with van der Waals surface area (Å²) in [7, 11) is 1.59. The highest BCUT2D eigenvalue weighted by Gasteiger charge is 2.54. The summed E-state index contributed by atoms with van der Waals surface area (Å²) >= 11 is 7.07. The number of benzene rings is 3. The van der Waals surface area contributed by atoms with Gasteiger partial charge in [-0.1, -0.05) is 56.1 Å². The van der Waals surface area contributed by atoms with Gasteiger partial charge >= 0.3 is 0 Å². The van der Waals surface area contributed by atoms with Gasteiger partial charge in [0, 0.05) is 33.7 Å². The van der Waals surface area contributed by atoms with E-state index >= 15 is 0 Å². The molecule has 2 amide bonds. The molecule has 0 bridgehead atoms. The van der Waals surface area contributed by atoms with Gasteiger partial charge in [-0.05, 0) is 54.4 Å². The zero-order valence-corrected chi connectivity index (χ0v) is 24.8. The number of nitrogens with one attached hydrogen (secondary N) is 3. The third-order valence-corrected chi connectivity index (χ3v) is 8.13. The lowest BCUT2D eigenvalue weighted by atomic mass is 9.95. The van der Waals surface area contributed by atoms with Gasteiger partial charge in [-0.25, -0.2) is 0 Å². The van der Waals surface area contributed by atoms with Crippen molar-refractivity contribution in [1.29, 1.82) is 0 Å². The van der Waals surface area contributed by atoms with E-state index < -0.39 is 5.66 Å². The fraction of sp³-hybridized carbons (Fsp3) is 0.310. The Kier molecular flexibility index (Phi) is 8.27. The summed E-state index contributed by atoms with van der Waals surface area (Å²) in [6.07, 6.45) is 0. The Bertz CT molecular complexity index is 1300. The number of halogens is 2. The van der Waals surface area contributed by atoms with Crippen molar-refractivity contribution in [2.45, 2.75) is 24.7 Å². The molecule has 2 aliphatic rings. The Labute approximate surface area is 244 Å². The van der Waals surface area contributed by atoms with Gasteiger partial charge in [0.25, 0.3) is 5.91 Å². The van der Waals surface area contributed by atoms with Crippen molar-refractivity contribution in [3.63, 3.8) is 0 Å². The van der Waals surface area contributed by atoms with Crippen LogP contribution in [0.3, 0.4) is 0 Å². The van der Waals surface area contributed by atoms with Crippen molar-refractivity contribution in [1.82, 2.24) is 20.9 Å². The highest BCUT2D eigenvalue weighted by Crippen LogP contribution is 2.45. The average Bonchev–Trinajstić information content (AvgIpc) is 3.35. The van der Waals surface area contributed by atoms with Gasteiger partial charge in [-0.15, -0.1) is 0 Å². The second-order valence-electron chi connectivity index (χ2n) is 9.47. The fourth-order valence-corrected chi connectivity index (χ4v) is 5.75. The van der Waals surface area contributed by atoms with Crippen LogP contribution in [0.4, 0.5) is 0 Å². The smallest absolute Gasteiger partial charge is 0.263 e. The van der Waals surface area contributed by atoms with Crippen LogP contribution in [0.2, 0.25) is 0 Å². The van der Waals surface area contributed by atoms with Gasteiger partial charge in [0.05, 0.1) is 32.3 Å². The van der Waals surface area contributed by atoms with Crippen LogP contribution >= 0.6 is 31.9 Å². The first-order chi connectivity index (χ1) is 18.8. The van der Waals surface area contributed by atoms with Crippen molar-refractivity contribution < 1.29 is 19.1 Å². The van der Waals surface area contributed by atoms with Crippen molar-refractivity contribution >= 4 is 43.7 Å². The van der Waals surface area contributed by atoms with Crippen LogP contribution in [-0.2, 0) is 15.3 Å². The quantitative estimate of drug-likeness (QED) is 0.349. The highest BCUT2D eigenvalue weighted by molar-refractivity contribution is 9.10. The molecule has 2 atom stereocenters. The van der Waals surface area contributed by atoms with E-state index in [0.29, 0.717) is 36.8 Å². The zero-order chi connectivity index (χ0) is 27.6. The number of carbonyl (C=O) groups excluding carboxylic acids is 2. The lowest BCUT2D eigenvalue weighted by Gasteiger charge is -2.37. The molecule has 2 fully saturated rings. The van der Waals surface area contributed by atoms with Crippen LogP contribution in [0.5, 0.6) is 11.5 Å². The van der Waals surface area contributed by atoms with E-state index in [1.54, 1.807) is 18.1 Å². The van der Waals surface area contributed by atoms with Gasteiger partial charge in [0.1, 0.15) is 11.5 Å². The summed E-state index contributed by atoms with van der Waals surface area (Å²) in [6, 6.07) is 21.0. The second-order valence-corrected chi connectivity index (χ2v) is 11.3. The topological polar surface area (TPSA) is 91.9 Å². The molecule has 2 heterocycles. The molecule has 10 heteroatoms. The third kappa shape index (κ3) is 5.56. The zero-order valence-electron chi connectivity index (χ0n) is 21.7. The van der Waals surface area contributed by atoms with Crippen LogP contribution in [0.15, 0.2) is 75.7 Å². The third-order valence-electron chi connectivity index (χ3n) is 7.07. The molecular formula is C29H30Br2N4O4. The highest BCUT2D eigenvalue weighted by atomic mass is 79.9. The molecule has 39 heavy (non-hydrogen) atoms. The number of methoxy groups -OCH3 is 1.